The lowest BCUT2D eigenvalue weighted by Crippen LogP contribution is -2.32. The predicted octanol–water partition coefficient (Wildman–Crippen LogP) is 4.03. The fourth-order valence-corrected chi connectivity index (χ4v) is 3.10. The van der Waals surface area contributed by atoms with Gasteiger partial charge in [-0.1, -0.05) is 37.6 Å². The van der Waals surface area contributed by atoms with Crippen LogP contribution in [0.25, 0.3) is 0 Å². The molecule has 0 saturated heterocycles. The molecule has 2 aromatic rings. The second kappa shape index (κ2) is 5.20. The SMILES string of the molecule is CCCC1(C)Cc2ccccc2C(c2ccncc2)=N1. The van der Waals surface area contributed by atoms with Crippen molar-refractivity contribution in [1.29, 1.82) is 0 Å². The summed E-state index contributed by atoms with van der Waals surface area (Å²) in [7, 11) is 0. The summed E-state index contributed by atoms with van der Waals surface area (Å²) >= 11 is 0. The van der Waals surface area contributed by atoms with Crippen molar-refractivity contribution in [3.63, 3.8) is 0 Å². The van der Waals surface area contributed by atoms with E-state index < -0.39 is 0 Å². The van der Waals surface area contributed by atoms with Gasteiger partial charge in [0, 0.05) is 23.5 Å². The zero-order valence-corrected chi connectivity index (χ0v) is 12.1. The zero-order chi connectivity index (χ0) is 14.0. The first kappa shape index (κ1) is 13.0. The van der Waals surface area contributed by atoms with Gasteiger partial charge in [0.05, 0.1) is 11.3 Å². The van der Waals surface area contributed by atoms with Crippen molar-refractivity contribution in [2.45, 2.75) is 38.6 Å². The van der Waals surface area contributed by atoms with Crippen molar-refractivity contribution in [2.75, 3.05) is 0 Å². The number of fused-ring (bicyclic) bond motifs is 1. The highest BCUT2D eigenvalue weighted by atomic mass is 14.9. The van der Waals surface area contributed by atoms with Crippen LogP contribution in [-0.4, -0.2) is 16.2 Å². The maximum Gasteiger partial charge on any atom is 0.0729 e. The Hall–Kier alpha value is -1.96. The molecule has 1 aromatic carbocycles. The Morgan fingerprint density at radius 1 is 1.10 bits per heavy atom. The second-order valence-corrected chi connectivity index (χ2v) is 5.78. The number of benzene rings is 1. The molecule has 0 N–H and O–H groups in total. The molecule has 0 saturated carbocycles. The molecule has 0 aliphatic carbocycles. The molecule has 0 radical (unpaired) electrons. The monoisotopic (exact) mass is 264 g/mol. The zero-order valence-electron chi connectivity index (χ0n) is 12.1. The van der Waals surface area contributed by atoms with Crippen molar-refractivity contribution in [2.24, 2.45) is 4.99 Å². The van der Waals surface area contributed by atoms with Gasteiger partial charge in [0.25, 0.3) is 0 Å². The maximum atomic E-state index is 5.10. The minimum Gasteiger partial charge on any atom is -0.277 e. The van der Waals surface area contributed by atoms with E-state index in [1.807, 2.05) is 24.5 Å². The van der Waals surface area contributed by atoms with E-state index >= 15 is 0 Å². The van der Waals surface area contributed by atoms with Crippen LogP contribution in [0.4, 0.5) is 0 Å². The average molecular weight is 264 g/mol. The molecular formula is C18H20N2. The predicted molar refractivity (Wildman–Crippen MR) is 83.3 cm³/mol. The van der Waals surface area contributed by atoms with Gasteiger partial charge in [0.15, 0.2) is 0 Å². The van der Waals surface area contributed by atoms with Crippen LogP contribution in [0.2, 0.25) is 0 Å². The lowest BCUT2D eigenvalue weighted by atomic mass is 9.82. The van der Waals surface area contributed by atoms with Crippen molar-refractivity contribution in [1.82, 2.24) is 4.98 Å². The number of aromatic nitrogens is 1. The lowest BCUT2D eigenvalue weighted by molar-refractivity contribution is 0.423. The van der Waals surface area contributed by atoms with Crippen LogP contribution < -0.4 is 0 Å². The van der Waals surface area contributed by atoms with E-state index in [0.29, 0.717) is 0 Å². The van der Waals surface area contributed by atoms with Crippen molar-refractivity contribution >= 4 is 5.71 Å². The van der Waals surface area contributed by atoms with Gasteiger partial charge >= 0.3 is 0 Å². The third-order valence-electron chi connectivity index (χ3n) is 3.97. The Bertz CT molecular complexity index is 631. The number of hydrogen-bond donors (Lipinski definition) is 0. The van der Waals surface area contributed by atoms with E-state index in [2.05, 4.69) is 43.1 Å². The molecule has 0 fully saturated rings. The number of aliphatic imine (C=N–C) groups is 1. The molecule has 1 atom stereocenters. The molecule has 102 valence electrons. The van der Waals surface area contributed by atoms with Gasteiger partial charge in [-0.3, -0.25) is 9.98 Å². The van der Waals surface area contributed by atoms with Gasteiger partial charge in [-0.05, 0) is 37.5 Å². The van der Waals surface area contributed by atoms with Crippen LogP contribution >= 0.6 is 0 Å². The first-order chi connectivity index (χ1) is 9.72. The van der Waals surface area contributed by atoms with E-state index in [4.69, 9.17) is 4.99 Å². The maximum absolute atomic E-state index is 5.10. The Labute approximate surface area is 120 Å². The molecule has 2 heterocycles. The summed E-state index contributed by atoms with van der Waals surface area (Å²) in [5.41, 5.74) is 4.97. The molecule has 1 aliphatic heterocycles. The third-order valence-corrected chi connectivity index (χ3v) is 3.97. The van der Waals surface area contributed by atoms with E-state index in [0.717, 1.165) is 30.5 Å². The Balaban J connectivity index is 2.14. The smallest absolute Gasteiger partial charge is 0.0729 e. The van der Waals surface area contributed by atoms with Gasteiger partial charge < -0.3 is 0 Å². The van der Waals surface area contributed by atoms with Crippen LogP contribution in [0.15, 0.2) is 53.8 Å². The fraction of sp³-hybridized carbons (Fsp3) is 0.333. The third kappa shape index (κ3) is 2.38. The molecule has 2 nitrogen and oxygen atoms in total. The highest BCUT2D eigenvalue weighted by Gasteiger charge is 2.30. The minimum absolute atomic E-state index is 0.0156. The number of hydrogen-bond acceptors (Lipinski definition) is 2. The molecule has 1 aliphatic rings. The Morgan fingerprint density at radius 3 is 2.60 bits per heavy atom. The molecule has 20 heavy (non-hydrogen) atoms. The van der Waals surface area contributed by atoms with Gasteiger partial charge in [-0.15, -0.1) is 0 Å². The van der Waals surface area contributed by atoms with Gasteiger partial charge in [-0.25, -0.2) is 0 Å². The fourth-order valence-electron chi connectivity index (χ4n) is 3.10. The highest BCUT2D eigenvalue weighted by Crippen LogP contribution is 2.32. The van der Waals surface area contributed by atoms with Crippen LogP contribution in [0.1, 0.15) is 43.4 Å². The summed E-state index contributed by atoms with van der Waals surface area (Å²) in [4.78, 5) is 9.22. The van der Waals surface area contributed by atoms with Crippen LogP contribution in [0.3, 0.4) is 0 Å². The average Bonchev–Trinajstić information content (AvgIpc) is 2.47. The van der Waals surface area contributed by atoms with Gasteiger partial charge in [-0.2, -0.15) is 0 Å². The van der Waals surface area contributed by atoms with Crippen LogP contribution in [-0.2, 0) is 6.42 Å². The topological polar surface area (TPSA) is 25.2 Å². The van der Waals surface area contributed by atoms with Crippen molar-refractivity contribution < 1.29 is 0 Å². The Morgan fingerprint density at radius 2 is 1.85 bits per heavy atom. The molecule has 1 unspecified atom stereocenters. The van der Waals surface area contributed by atoms with Gasteiger partial charge in [0.1, 0.15) is 0 Å². The number of rotatable bonds is 3. The van der Waals surface area contributed by atoms with E-state index in [9.17, 15) is 0 Å². The van der Waals surface area contributed by atoms with Crippen LogP contribution in [0.5, 0.6) is 0 Å². The summed E-state index contributed by atoms with van der Waals surface area (Å²) in [6, 6.07) is 12.7. The molecule has 3 rings (SSSR count). The quantitative estimate of drug-likeness (QED) is 0.821. The molecule has 2 heteroatoms. The van der Waals surface area contributed by atoms with Crippen molar-refractivity contribution in [3.05, 3.63) is 65.5 Å². The summed E-state index contributed by atoms with van der Waals surface area (Å²) in [6.07, 6.45) is 6.99. The second-order valence-electron chi connectivity index (χ2n) is 5.78. The standard InChI is InChI=1S/C18H20N2/c1-3-10-18(2)13-15-6-4-5-7-16(15)17(20-18)14-8-11-19-12-9-14/h4-9,11-12H,3,10,13H2,1-2H3. The van der Waals surface area contributed by atoms with Gasteiger partial charge in [0.2, 0.25) is 0 Å². The first-order valence-electron chi connectivity index (χ1n) is 7.30. The molecule has 1 aromatic heterocycles. The van der Waals surface area contributed by atoms with Crippen LogP contribution in [0, 0.1) is 0 Å². The normalized spacial score (nSPS) is 21.2. The number of nitrogens with zero attached hydrogens (tertiary/aromatic N) is 2. The molecule has 0 bridgehead atoms. The molecule has 0 amide bonds. The van der Waals surface area contributed by atoms with E-state index in [1.54, 1.807) is 0 Å². The first-order valence-corrected chi connectivity index (χ1v) is 7.30. The number of pyridine rings is 1. The minimum atomic E-state index is 0.0156. The van der Waals surface area contributed by atoms with Crippen molar-refractivity contribution in [3.8, 4) is 0 Å². The van der Waals surface area contributed by atoms with E-state index in [-0.39, 0.29) is 5.54 Å². The summed E-state index contributed by atoms with van der Waals surface area (Å²) < 4.78 is 0. The Kier molecular flexibility index (Phi) is 3.39. The molecular weight excluding hydrogens is 244 g/mol. The summed E-state index contributed by atoms with van der Waals surface area (Å²) in [5.74, 6) is 0. The van der Waals surface area contributed by atoms with E-state index in [1.165, 1.54) is 11.1 Å². The highest BCUT2D eigenvalue weighted by molar-refractivity contribution is 6.14. The largest absolute Gasteiger partial charge is 0.277 e. The lowest BCUT2D eigenvalue weighted by Gasteiger charge is -2.32. The summed E-state index contributed by atoms with van der Waals surface area (Å²) in [6.45, 7) is 4.50. The summed E-state index contributed by atoms with van der Waals surface area (Å²) in [5, 5.41) is 0. The molecule has 0 spiro atoms.